The van der Waals surface area contributed by atoms with Gasteiger partial charge < -0.3 is 29.5 Å². The number of carbonyl (C=O) groups excluding carboxylic acids is 3. The predicted molar refractivity (Wildman–Crippen MR) is 214 cm³/mol. The Morgan fingerprint density at radius 1 is 0.741 bits per heavy atom. The molecule has 10 nitrogen and oxygen atoms in total. The number of anilines is 1. The van der Waals surface area contributed by atoms with Crippen LogP contribution < -0.4 is 15.4 Å². The van der Waals surface area contributed by atoms with Crippen molar-refractivity contribution in [3.8, 4) is 16.9 Å². The number of carbonyl (C=O) groups is 3. The molecule has 10 heteroatoms. The number of unbranched alkanes of at least 4 members (excludes halogenated alkanes) is 2. The van der Waals surface area contributed by atoms with Gasteiger partial charge in [-0.15, -0.1) is 0 Å². The molecule has 0 bridgehead atoms. The third kappa shape index (κ3) is 13.1. The van der Waals surface area contributed by atoms with Gasteiger partial charge in [0.2, 0.25) is 0 Å². The van der Waals surface area contributed by atoms with Gasteiger partial charge in [0.25, 0.3) is 5.91 Å². The number of hydrogen-bond donors (Lipinski definition) is 2. The lowest BCUT2D eigenvalue weighted by atomic mass is 10.0. The Hall–Kier alpha value is -5.03. The van der Waals surface area contributed by atoms with Crippen LogP contribution in [0.3, 0.4) is 0 Å². The molecule has 0 saturated carbocycles. The summed E-state index contributed by atoms with van der Waals surface area (Å²) in [5.41, 5.74) is 5.54. The molecule has 0 unspecified atom stereocenters. The smallest absolute Gasteiger partial charge is 0.411 e. The molecule has 0 spiro atoms. The lowest BCUT2D eigenvalue weighted by Gasteiger charge is -2.32. The van der Waals surface area contributed by atoms with E-state index < -0.39 is 6.09 Å². The van der Waals surface area contributed by atoms with E-state index in [2.05, 4.69) is 34.5 Å². The number of esters is 1. The van der Waals surface area contributed by atoms with Crippen LogP contribution in [0, 0.1) is 0 Å². The average molecular weight is 734 g/mol. The van der Waals surface area contributed by atoms with Gasteiger partial charge in [0.15, 0.2) is 0 Å². The van der Waals surface area contributed by atoms with Crippen molar-refractivity contribution in [2.24, 2.45) is 0 Å². The zero-order valence-electron chi connectivity index (χ0n) is 32.0. The topological polar surface area (TPSA) is 103 Å². The van der Waals surface area contributed by atoms with E-state index in [1.54, 1.807) is 4.90 Å². The highest BCUT2D eigenvalue weighted by Crippen LogP contribution is 2.28. The molecule has 2 amide bonds. The van der Waals surface area contributed by atoms with E-state index in [-0.39, 0.29) is 18.0 Å². The summed E-state index contributed by atoms with van der Waals surface area (Å²) in [7, 11) is 5.95. The Labute approximate surface area is 320 Å². The lowest BCUT2D eigenvalue weighted by Crippen LogP contribution is -2.42. The first-order chi connectivity index (χ1) is 26.2. The quantitative estimate of drug-likeness (QED) is 0.0618. The summed E-state index contributed by atoms with van der Waals surface area (Å²) in [6, 6.07) is 33.0. The zero-order valence-corrected chi connectivity index (χ0v) is 32.0. The summed E-state index contributed by atoms with van der Waals surface area (Å²) in [5, 5.41) is 6.38. The molecule has 0 aromatic heterocycles. The Kier molecular flexibility index (Phi) is 15.6. The van der Waals surface area contributed by atoms with Crippen LogP contribution in [0.2, 0.25) is 0 Å². The average Bonchev–Trinajstić information content (AvgIpc) is 3.18. The van der Waals surface area contributed by atoms with E-state index in [0.717, 1.165) is 86.2 Å². The van der Waals surface area contributed by atoms with Gasteiger partial charge in [-0.05, 0) is 93.3 Å². The Morgan fingerprint density at radius 3 is 2.07 bits per heavy atom. The van der Waals surface area contributed by atoms with Gasteiger partial charge in [-0.1, -0.05) is 79.2 Å². The number of benzene rings is 4. The Morgan fingerprint density at radius 2 is 1.39 bits per heavy atom. The van der Waals surface area contributed by atoms with Crippen LogP contribution in [0.1, 0.15) is 60.0 Å². The van der Waals surface area contributed by atoms with Gasteiger partial charge in [0.1, 0.15) is 11.9 Å². The molecule has 0 radical (unpaired) electrons. The first kappa shape index (κ1) is 40.2. The first-order valence-electron chi connectivity index (χ1n) is 19.1. The number of piperidine rings is 1. The molecule has 1 aliphatic heterocycles. The number of likely N-dealkylation sites (N-methyl/N-ethyl adjacent to an activating group) is 1. The van der Waals surface area contributed by atoms with Gasteiger partial charge >= 0.3 is 12.1 Å². The summed E-state index contributed by atoms with van der Waals surface area (Å²) in [5.74, 6) is 0.372. The van der Waals surface area contributed by atoms with Gasteiger partial charge in [-0.3, -0.25) is 14.9 Å². The SMILES string of the molecule is CN(C)CCCCCC(=O)Oc1ccc(CNCc2ccc(C(=O)N(C)CCN3CCC(OC(=O)Nc4ccccc4-c4ccccc4)CC3)cc2)cc1. The second-order valence-electron chi connectivity index (χ2n) is 14.2. The van der Waals surface area contributed by atoms with Crippen molar-refractivity contribution < 1.29 is 23.9 Å². The highest BCUT2D eigenvalue weighted by Gasteiger charge is 2.23. The number of nitrogens with one attached hydrogen (secondary N) is 2. The van der Waals surface area contributed by atoms with Gasteiger partial charge in [0.05, 0.1) is 5.69 Å². The van der Waals surface area contributed by atoms with E-state index in [4.69, 9.17) is 9.47 Å². The summed E-state index contributed by atoms with van der Waals surface area (Å²) >= 11 is 0. The van der Waals surface area contributed by atoms with Crippen LogP contribution >= 0.6 is 0 Å². The van der Waals surface area contributed by atoms with Gasteiger partial charge in [-0.25, -0.2) is 4.79 Å². The number of rotatable bonds is 18. The predicted octanol–water partition coefficient (Wildman–Crippen LogP) is 7.46. The number of ether oxygens (including phenoxy) is 2. The van der Waals surface area contributed by atoms with Crippen molar-refractivity contribution in [1.82, 2.24) is 20.0 Å². The normalized spacial score (nSPS) is 13.4. The Balaban J connectivity index is 0.953. The maximum absolute atomic E-state index is 13.2. The molecule has 0 aliphatic carbocycles. The molecule has 0 atom stereocenters. The van der Waals surface area contributed by atoms with E-state index in [1.807, 2.05) is 110 Å². The number of likely N-dealkylation sites (tertiary alicyclic amines) is 1. The molecule has 4 aromatic rings. The van der Waals surface area contributed by atoms with E-state index >= 15 is 0 Å². The molecular formula is C44H55N5O5. The van der Waals surface area contributed by atoms with Crippen molar-refractivity contribution >= 4 is 23.7 Å². The van der Waals surface area contributed by atoms with Crippen LogP contribution in [-0.4, -0.2) is 92.6 Å². The third-order valence-electron chi connectivity index (χ3n) is 9.66. The van der Waals surface area contributed by atoms with E-state index in [0.29, 0.717) is 37.4 Å². The first-order valence-corrected chi connectivity index (χ1v) is 19.1. The Bertz CT molecular complexity index is 1760. The highest BCUT2D eigenvalue weighted by atomic mass is 16.6. The van der Waals surface area contributed by atoms with Gasteiger partial charge in [0, 0.05) is 63.9 Å². The van der Waals surface area contributed by atoms with Crippen LogP contribution in [0.25, 0.3) is 11.1 Å². The molecular weight excluding hydrogens is 679 g/mol. The maximum Gasteiger partial charge on any atom is 0.411 e. The van der Waals surface area contributed by atoms with Crippen molar-refractivity contribution in [3.63, 3.8) is 0 Å². The van der Waals surface area contributed by atoms with Crippen molar-refractivity contribution in [1.29, 1.82) is 0 Å². The fraction of sp³-hybridized carbons (Fsp3) is 0.386. The lowest BCUT2D eigenvalue weighted by molar-refractivity contribution is -0.134. The molecule has 1 aliphatic rings. The van der Waals surface area contributed by atoms with E-state index in [9.17, 15) is 14.4 Å². The zero-order chi connectivity index (χ0) is 38.1. The fourth-order valence-corrected chi connectivity index (χ4v) is 6.46. The van der Waals surface area contributed by atoms with E-state index in [1.165, 1.54) is 0 Å². The van der Waals surface area contributed by atoms with Crippen LogP contribution in [0.15, 0.2) is 103 Å². The van der Waals surface area contributed by atoms with Gasteiger partial charge in [-0.2, -0.15) is 0 Å². The molecule has 2 N–H and O–H groups in total. The molecule has 286 valence electrons. The summed E-state index contributed by atoms with van der Waals surface area (Å²) in [6.07, 6.45) is 4.29. The molecule has 4 aromatic carbocycles. The summed E-state index contributed by atoms with van der Waals surface area (Å²) in [4.78, 5) is 44.3. The largest absolute Gasteiger partial charge is 0.446 e. The van der Waals surface area contributed by atoms with Crippen LogP contribution in [-0.2, 0) is 22.6 Å². The number of hydrogen-bond acceptors (Lipinski definition) is 8. The number of nitrogens with zero attached hydrogens (tertiary/aromatic N) is 3. The third-order valence-corrected chi connectivity index (χ3v) is 9.66. The molecule has 1 fully saturated rings. The van der Waals surface area contributed by atoms with Crippen LogP contribution in [0.4, 0.5) is 10.5 Å². The maximum atomic E-state index is 13.2. The second kappa shape index (κ2) is 21.0. The monoisotopic (exact) mass is 733 g/mol. The minimum absolute atomic E-state index is 0.00898. The molecule has 1 heterocycles. The van der Waals surface area contributed by atoms with Crippen molar-refractivity contribution in [2.45, 2.75) is 57.7 Å². The molecule has 54 heavy (non-hydrogen) atoms. The van der Waals surface area contributed by atoms with Crippen LogP contribution in [0.5, 0.6) is 5.75 Å². The summed E-state index contributed by atoms with van der Waals surface area (Å²) in [6.45, 7) is 5.34. The number of amides is 2. The molecule has 1 saturated heterocycles. The highest BCUT2D eigenvalue weighted by molar-refractivity contribution is 5.94. The molecule has 5 rings (SSSR count). The number of para-hydroxylation sites is 1. The van der Waals surface area contributed by atoms with Crippen molar-refractivity contribution in [2.75, 3.05) is 59.2 Å². The second-order valence-corrected chi connectivity index (χ2v) is 14.2. The minimum Gasteiger partial charge on any atom is -0.446 e. The summed E-state index contributed by atoms with van der Waals surface area (Å²) < 4.78 is 11.3. The standard InChI is InChI=1S/C44H55N5O5/c1-47(2)27-11-5-8-16-42(50)53-38-23-19-35(20-24-38)33-45-32-34-17-21-37(22-18-34)43(51)48(3)30-31-49-28-25-39(26-29-49)54-44(52)46-41-15-10-9-14-40(41)36-12-6-4-7-13-36/h4,6-7,9-10,12-15,17-24,39,45H,5,8,11,16,25-33H2,1-3H3,(H,46,52). The minimum atomic E-state index is -0.438. The van der Waals surface area contributed by atoms with Crippen molar-refractivity contribution in [3.05, 3.63) is 120 Å². The fourth-order valence-electron chi connectivity index (χ4n) is 6.46.